The molecule has 0 aliphatic rings. The third kappa shape index (κ3) is 11.6. The van der Waals surface area contributed by atoms with Crippen molar-refractivity contribution in [1.82, 2.24) is 9.55 Å². The molecule has 57 heavy (non-hydrogen) atoms. The minimum Gasteiger partial charge on any atom is -0.493 e. The Balaban J connectivity index is 1.39. The van der Waals surface area contributed by atoms with Crippen LogP contribution >= 0.6 is 11.8 Å². The van der Waals surface area contributed by atoms with Crippen LogP contribution in [0.1, 0.15) is 69.3 Å². The Labute approximate surface area is 346 Å². The molecule has 0 aliphatic carbocycles. The van der Waals surface area contributed by atoms with Crippen LogP contribution in [0.15, 0.2) is 70.6 Å². The number of hydrogen-bond donors (Lipinski definition) is 0. The molecule has 5 rings (SSSR count). The van der Waals surface area contributed by atoms with Crippen LogP contribution in [-0.4, -0.2) is 80.6 Å². The first-order valence-electron chi connectivity index (χ1n) is 20.3. The van der Waals surface area contributed by atoms with E-state index in [9.17, 15) is 4.79 Å². The Kier molecular flexibility index (Phi) is 14.6. The number of thioether (sulfide) groups is 1. The lowest BCUT2D eigenvalue weighted by atomic mass is 10.1. The third-order valence-corrected chi connectivity index (χ3v) is 11.9. The molecule has 0 fully saturated rings. The van der Waals surface area contributed by atoms with Gasteiger partial charge in [-0.25, -0.2) is 4.98 Å². The molecule has 0 aliphatic heterocycles. The fourth-order valence-corrected chi connectivity index (χ4v) is 9.61. The summed E-state index contributed by atoms with van der Waals surface area (Å²) in [7, 11) is 11.9. The van der Waals surface area contributed by atoms with Crippen molar-refractivity contribution < 1.29 is 23.2 Å². The second-order valence-corrected chi connectivity index (χ2v) is 18.2. The predicted molar refractivity (Wildman–Crippen MR) is 237 cm³/mol. The van der Waals surface area contributed by atoms with Crippen molar-refractivity contribution >= 4 is 22.7 Å². The standard InChI is InChI=1S/C48H66N4O4S/c1-33-20-34(2)24-39(23-33)30-51(7,8)17-15-19-52(9,31-40-25-35(3)21-36(4)26-40)18-14-13-16-50-47(53)42-29-43(54-10)45(55-11)46(56-12)44(42)49-48(50)57-32-41-27-37(5)22-38(6)28-41/h20-29H,13-19,30-32H2,1-12H3/q+2. The van der Waals surface area contributed by atoms with Crippen LogP contribution in [0.3, 0.4) is 0 Å². The van der Waals surface area contributed by atoms with Gasteiger partial charge in [0.1, 0.15) is 18.6 Å². The summed E-state index contributed by atoms with van der Waals surface area (Å²) in [5.41, 5.74) is 12.1. The summed E-state index contributed by atoms with van der Waals surface area (Å²) in [6, 6.07) is 22.2. The maximum atomic E-state index is 14.5. The van der Waals surface area contributed by atoms with Crippen LogP contribution in [0.5, 0.6) is 17.2 Å². The SMILES string of the molecule is COc1cc2c(=O)n(CCCC[N+](C)(CCC[N+](C)(C)Cc3cc(C)cc(C)c3)Cc3cc(C)cc(C)c3)c(SCc3cc(C)cc(C)c3)nc2c(OC)c1OC. The Morgan fingerprint density at radius 2 is 1.11 bits per heavy atom. The first-order valence-corrected chi connectivity index (χ1v) is 21.2. The van der Waals surface area contributed by atoms with Crippen LogP contribution in [0.4, 0.5) is 0 Å². The second-order valence-electron chi connectivity index (χ2n) is 17.3. The summed E-state index contributed by atoms with van der Waals surface area (Å²) >= 11 is 1.59. The van der Waals surface area contributed by atoms with Gasteiger partial charge in [0.15, 0.2) is 16.7 Å². The van der Waals surface area contributed by atoms with Crippen molar-refractivity contribution in [3.8, 4) is 17.2 Å². The molecule has 1 unspecified atom stereocenters. The molecule has 0 radical (unpaired) electrons. The van der Waals surface area contributed by atoms with E-state index in [2.05, 4.69) is 117 Å². The van der Waals surface area contributed by atoms with Crippen molar-refractivity contribution in [3.63, 3.8) is 0 Å². The van der Waals surface area contributed by atoms with Crippen molar-refractivity contribution in [2.45, 2.75) is 91.3 Å². The molecule has 0 amide bonds. The fourth-order valence-electron chi connectivity index (χ4n) is 8.66. The van der Waals surface area contributed by atoms with E-state index in [4.69, 9.17) is 19.2 Å². The van der Waals surface area contributed by atoms with E-state index in [0.717, 1.165) is 61.0 Å². The van der Waals surface area contributed by atoms with Crippen LogP contribution in [-0.2, 0) is 25.4 Å². The maximum absolute atomic E-state index is 14.5. The van der Waals surface area contributed by atoms with Crippen molar-refractivity contribution in [2.75, 3.05) is 62.1 Å². The van der Waals surface area contributed by atoms with Crippen molar-refractivity contribution in [3.05, 3.63) is 121 Å². The van der Waals surface area contributed by atoms with Gasteiger partial charge >= 0.3 is 0 Å². The first kappa shape index (κ1) is 43.8. The average molecular weight is 795 g/mol. The summed E-state index contributed by atoms with van der Waals surface area (Å²) < 4.78 is 20.9. The quantitative estimate of drug-likeness (QED) is 0.0359. The summed E-state index contributed by atoms with van der Waals surface area (Å²) in [6.07, 6.45) is 2.95. The number of hydrogen-bond acceptors (Lipinski definition) is 6. The minimum atomic E-state index is -0.0986. The topological polar surface area (TPSA) is 62.6 Å². The highest BCUT2D eigenvalue weighted by Gasteiger charge is 2.26. The van der Waals surface area contributed by atoms with Crippen molar-refractivity contribution in [1.29, 1.82) is 0 Å². The predicted octanol–water partition coefficient (Wildman–Crippen LogP) is 9.66. The lowest BCUT2D eigenvalue weighted by Crippen LogP contribution is -2.47. The monoisotopic (exact) mass is 794 g/mol. The van der Waals surface area contributed by atoms with Gasteiger partial charge in [-0.1, -0.05) is 99.7 Å². The van der Waals surface area contributed by atoms with Crippen molar-refractivity contribution in [2.24, 2.45) is 0 Å². The number of methoxy groups -OCH3 is 3. The lowest BCUT2D eigenvalue weighted by molar-refractivity contribution is -0.934. The number of aryl methyl sites for hydroxylation is 6. The van der Waals surface area contributed by atoms with Gasteiger partial charge in [0, 0.05) is 29.8 Å². The second kappa shape index (κ2) is 19.0. The summed E-state index contributed by atoms with van der Waals surface area (Å²) in [5.74, 6) is 1.97. The van der Waals surface area contributed by atoms with E-state index >= 15 is 0 Å². The normalized spacial score (nSPS) is 12.8. The smallest absolute Gasteiger partial charge is 0.262 e. The maximum Gasteiger partial charge on any atom is 0.262 e. The Hall–Kier alpha value is -4.31. The molecule has 0 N–H and O–H groups in total. The molecule has 5 aromatic rings. The molecule has 306 valence electrons. The molecule has 0 saturated carbocycles. The Morgan fingerprint density at radius 1 is 0.596 bits per heavy atom. The van der Waals surface area contributed by atoms with E-state index < -0.39 is 0 Å². The number of ether oxygens (including phenoxy) is 3. The van der Waals surface area contributed by atoms with E-state index in [1.165, 1.54) is 50.1 Å². The average Bonchev–Trinajstić information content (AvgIpc) is 3.11. The Morgan fingerprint density at radius 3 is 1.63 bits per heavy atom. The number of benzene rings is 4. The molecule has 0 spiro atoms. The number of quaternary nitrogens is 2. The van der Waals surface area contributed by atoms with Gasteiger partial charge in [0.25, 0.3) is 5.56 Å². The molecular formula is C48H66N4O4S+2. The van der Waals surface area contributed by atoms with Crippen LogP contribution in [0, 0.1) is 41.5 Å². The molecule has 1 heterocycles. The van der Waals surface area contributed by atoms with E-state index in [1.807, 2.05) is 4.57 Å². The number of fused-ring (bicyclic) bond motifs is 1. The molecule has 0 saturated heterocycles. The molecule has 9 heteroatoms. The van der Waals surface area contributed by atoms with Gasteiger partial charge < -0.3 is 23.2 Å². The molecular weight excluding hydrogens is 729 g/mol. The van der Waals surface area contributed by atoms with E-state index in [-0.39, 0.29) is 5.56 Å². The number of nitrogens with zero attached hydrogens (tertiary/aromatic N) is 4. The van der Waals surface area contributed by atoms with Gasteiger partial charge in [-0.3, -0.25) is 9.36 Å². The Bertz CT molecular complexity index is 2190. The fraction of sp³-hybridized carbons (Fsp3) is 0.458. The molecule has 1 aromatic heterocycles. The number of unbranched alkanes of at least 4 members (excludes halogenated alkanes) is 1. The molecule has 4 aromatic carbocycles. The highest BCUT2D eigenvalue weighted by atomic mass is 32.2. The third-order valence-electron chi connectivity index (χ3n) is 10.9. The summed E-state index contributed by atoms with van der Waals surface area (Å²) in [4.78, 5) is 19.6. The highest BCUT2D eigenvalue weighted by Crippen LogP contribution is 2.42. The van der Waals surface area contributed by atoms with Gasteiger partial charge in [-0.2, -0.15) is 0 Å². The van der Waals surface area contributed by atoms with Gasteiger partial charge in [0.2, 0.25) is 5.75 Å². The largest absolute Gasteiger partial charge is 0.493 e. The van der Waals surface area contributed by atoms with Gasteiger partial charge in [0.05, 0.1) is 67.5 Å². The van der Waals surface area contributed by atoms with E-state index in [1.54, 1.807) is 39.2 Å². The zero-order valence-corrected chi connectivity index (χ0v) is 37.5. The lowest BCUT2D eigenvalue weighted by Gasteiger charge is -2.37. The first-order chi connectivity index (χ1) is 27.0. The van der Waals surface area contributed by atoms with Crippen LogP contribution < -0.4 is 19.8 Å². The number of rotatable bonds is 19. The highest BCUT2D eigenvalue weighted by molar-refractivity contribution is 7.98. The zero-order valence-electron chi connectivity index (χ0n) is 36.7. The van der Waals surface area contributed by atoms with Crippen LogP contribution in [0.2, 0.25) is 0 Å². The van der Waals surface area contributed by atoms with Crippen LogP contribution in [0.25, 0.3) is 10.9 Å². The molecule has 1 atom stereocenters. The molecule has 0 bridgehead atoms. The minimum absolute atomic E-state index is 0.0986. The summed E-state index contributed by atoms with van der Waals surface area (Å²) in [6.45, 7) is 18.8. The molecule has 8 nitrogen and oxygen atoms in total. The van der Waals surface area contributed by atoms with Gasteiger partial charge in [-0.05, 0) is 66.0 Å². The van der Waals surface area contributed by atoms with Gasteiger partial charge in [-0.15, -0.1) is 0 Å². The zero-order chi connectivity index (χ0) is 41.5. The summed E-state index contributed by atoms with van der Waals surface area (Å²) in [5, 5.41) is 1.13. The van der Waals surface area contributed by atoms with E-state index in [0.29, 0.717) is 45.6 Å². The number of aromatic nitrogens is 2.